The molecular formula is C13H13F7O2. The molecule has 9 heteroatoms. The lowest BCUT2D eigenvalue weighted by Gasteiger charge is -2.31. The average Bonchev–Trinajstić information content (AvgIpc) is 3.04. The van der Waals surface area contributed by atoms with Crippen molar-refractivity contribution in [2.75, 3.05) is 13.3 Å². The van der Waals surface area contributed by atoms with Crippen molar-refractivity contribution < 1.29 is 40.3 Å². The zero-order valence-corrected chi connectivity index (χ0v) is 11.2. The van der Waals surface area contributed by atoms with Crippen LogP contribution in [-0.2, 0) is 9.53 Å². The van der Waals surface area contributed by atoms with Crippen LogP contribution in [0.1, 0.15) is 12.8 Å². The van der Waals surface area contributed by atoms with Gasteiger partial charge in [0, 0.05) is 0 Å². The molecule has 0 saturated heterocycles. The molecule has 0 spiro atoms. The Morgan fingerprint density at radius 2 is 1.73 bits per heavy atom. The highest BCUT2D eigenvalue weighted by Crippen LogP contribution is 2.47. The monoisotopic (exact) mass is 334 g/mol. The first-order valence-corrected chi connectivity index (χ1v) is 6.58. The molecule has 0 aromatic carbocycles. The topological polar surface area (TPSA) is 26.3 Å². The van der Waals surface area contributed by atoms with Gasteiger partial charge >= 0.3 is 23.7 Å². The zero-order valence-electron chi connectivity index (χ0n) is 11.2. The van der Waals surface area contributed by atoms with E-state index in [0.29, 0.717) is 6.42 Å². The molecule has 2 rings (SSSR count). The molecule has 2 nitrogen and oxygen atoms in total. The molecule has 0 aromatic heterocycles. The minimum atomic E-state index is -6.24. The Balaban J connectivity index is 2.02. The second-order valence-electron chi connectivity index (χ2n) is 5.65. The van der Waals surface area contributed by atoms with E-state index in [1.54, 1.807) is 0 Å². The third-order valence-electron chi connectivity index (χ3n) is 4.23. The Kier molecular flexibility index (Phi) is 4.20. The number of rotatable bonds is 5. The number of esters is 1. The molecule has 22 heavy (non-hydrogen) atoms. The minimum absolute atomic E-state index is 0.00495. The zero-order chi connectivity index (χ0) is 16.8. The molecule has 1 fully saturated rings. The van der Waals surface area contributed by atoms with Crippen molar-refractivity contribution in [3.63, 3.8) is 0 Å². The summed E-state index contributed by atoms with van der Waals surface area (Å²) in [7, 11) is 0. The maximum absolute atomic E-state index is 13.4. The first-order valence-electron chi connectivity index (χ1n) is 6.58. The number of allylic oxidation sites excluding steroid dienone is 2. The Labute approximate surface area is 121 Å². The molecule has 126 valence electrons. The largest absolute Gasteiger partial charge is 0.461 e. The first kappa shape index (κ1) is 17.1. The van der Waals surface area contributed by atoms with E-state index in [9.17, 15) is 35.5 Å². The summed E-state index contributed by atoms with van der Waals surface area (Å²) in [5, 5.41) is 0. The predicted molar refractivity (Wildman–Crippen MR) is 60.6 cm³/mol. The second kappa shape index (κ2) is 5.42. The summed E-state index contributed by atoms with van der Waals surface area (Å²) in [6.45, 7) is -3.62. The molecule has 0 amide bonds. The predicted octanol–water partition coefficient (Wildman–Crippen LogP) is 3.62. The normalized spacial score (nSPS) is 30.4. The third kappa shape index (κ3) is 2.58. The van der Waals surface area contributed by atoms with Crippen molar-refractivity contribution >= 4 is 5.97 Å². The van der Waals surface area contributed by atoms with Gasteiger partial charge in [0.25, 0.3) is 0 Å². The lowest BCUT2D eigenvalue weighted by atomic mass is 9.94. The van der Waals surface area contributed by atoms with Crippen molar-refractivity contribution in [3.8, 4) is 0 Å². The van der Waals surface area contributed by atoms with Gasteiger partial charge < -0.3 is 4.74 Å². The number of hydrogen-bond donors (Lipinski definition) is 0. The number of fused-ring (bicyclic) bond motifs is 2. The lowest BCUT2D eigenvalue weighted by molar-refractivity contribution is -0.303. The Bertz CT molecular complexity index is 473. The van der Waals surface area contributed by atoms with Gasteiger partial charge in [-0.3, -0.25) is 0 Å². The number of ether oxygens (including phenoxy) is 1. The molecule has 0 aliphatic heterocycles. The highest BCUT2D eigenvalue weighted by Gasteiger charge is 2.75. The van der Waals surface area contributed by atoms with Gasteiger partial charge in [0.2, 0.25) is 0 Å². The van der Waals surface area contributed by atoms with Crippen molar-refractivity contribution in [2.24, 2.45) is 17.8 Å². The van der Waals surface area contributed by atoms with E-state index in [0.717, 1.165) is 6.42 Å². The van der Waals surface area contributed by atoms with E-state index in [-0.39, 0.29) is 17.8 Å². The van der Waals surface area contributed by atoms with Gasteiger partial charge in [-0.1, -0.05) is 12.2 Å². The molecule has 1 saturated carbocycles. The van der Waals surface area contributed by atoms with Crippen LogP contribution in [0.5, 0.6) is 0 Å². The summed E-state index contributed by atoms with van der Waals surface area (Å²) in [4.78, 5) is 11.2. The maximum Gasteiger partial charge on any atom is 0.431 e. The number of carbonyl (C=O) groups is 1. The van der Waals surface area contributed by atoms with Crippen LogP contribution in [0.2, 0.25) is 0 Å². The summed E-state index contributed by atoms with van der Waals surface area (Å²) in [5.74, 6) is -8.40. The summed E-state index contributed by atoms with van der Waals surface area (Å²) < 4.78 is 93.5. The number of halogens is 7. The molecule has 0 heterocycles. The highest BCUT2D eigenvalue weighted by molar-refractivity contribution is 5.79. The fraction of sp³-hybridized carbons (Fsp3) is 0.769. The lowest BCUT2D eigenvalue weighted by Crippen LogP contribution is -2.61. The van der Waals surface area contributed by atoms with Crippen molar-refractivity contribution in [1.29, 1.82) is 0 Å². The van der Waals surface area contributed by atoms with Crippen molar-refractivity contribution in [3.05, 3.63) is 12.2 Å². The van der Waals surface area contributed by atoms with Crippen molar-refractivity contribution in [2.45, 2.75) is 30.6 Å². The van der Waals surface area contributed by atoms with Crippen LogP contribution in [-0.4, -0.2) is 37.0 Å². The molecule has 4 unspecified atom stereocenters. The van der Waals surface area contributed by atoms with E-state index in [2.05, 4.69) is 4.74 Å². The van der Waals surface area contributed by atoms with Crippen LogP contribution in [0, 0.1) is 17.8 Å². The van der Waals surface area contributed by atoms with E-state index >= 15 is 0 Å². The van der Waals surface area contributed by atoms with Crippen LogP contribution in [0.25, 0.3) is 0 Å². The van der Waals surface area contributed by atoms with Crippen molar-refractivity contribution in [1.82, 2.24) is 0 Å². The molecule has 0 N–H and O–H groups in total. The summed E-state index contributed by atoms with van der Waals surface area (Å²) in [6.07, 6.45) is -1.17. The van der Waals surface area contributed by atoms with E-state index in [4.69, 9.17) is 0 Å². The Morgan fingerprint density at radius 1 is 1.09 bits per heavy atom. The average molecular weight is 334 g/mol. The van der Waals surface area contributed by atoms with E-state index in [1.807, 2.05) is 12.2 Å². The van der Waals surface area contributed by atoms with Crippen LogP contribution in [0.15, 0.2) is 12.2 Å². The summed E-state index contributed by atoms with van der Waals surface area (Å²) >= 11 is 0. The Hall–Kier alpha value is -1.28. The quantitative estimate of drug-likeness (QED) is 0.436. The molecule has 0 aromatic rings. The molecule has 0 radical (unpaired) electrons. The molecule has 2 bridgehead atoms. The number of carbonyl (C=O) groups excluding carboxylic acids is 1. The minimum Gasteiger partial charge on any atom is -0.461 e. The fourth-order valence-electron chi connectivity index (χ4n) is 2.86. The molecule has 4 atom stereocenters. The Morgan fingerprint density at radius 3 is 2.14 bits per heavy atom. The smallest absolute Gasteiger partial charge is 0.431 e. The van der Waals surface area contributed by atoms with Crippen LogP contribution in [0.4, 0.5) is 30.7 Å². The first-order chi connectivity index (χ1) is 10.0. The standard InChI is InChI=1S/C13H13F7O2/c14-6-11(15,13(18,19)20)12(16,17)10(21)22-5-9-4-7-1-2-8(9)3-7/h1-2,7-9H,3-6H2. The van der Waals surface area contributed by atoms with Gasteiger partial charge in [0.15, 0.2) is 0 Å². The molecule has 2 aliphatic carbocycles. The molecule has 2 aliphatic rings. The molecular weight excluding hydrogens is 321 g/mol. The van der Waals surface area contributed by atoms with Gasteiger partial charge in [0.05, 0.1) is 6.61 Å². The maximum atomic E-state index is 13.4. The SMILES string of the molecule is O=C(OCC1CC2C=CC1C2)C(F)(F)C(F)(CF)C(F)(F)F. The van der Waals surface area contributed by atoms with Gasteiger partial charge in [-0.25, -0.2) is 13.6 Å². The van der Waals surface area contributed by atoms with Gasteiger partial charge in [-0.05, 0) is 30.6 Å². The summed E-state index contributed by atoms with van der Waals surface area (Å²) in [5.41, 5.74) is -5.59. The van der Waals surface area contributed by atoms with Crippen LogP contribution >= 0.6 is 0 Å². The summed E-state index contributed by atoms with van der Waals surface area (Å²) in [6, 6.07) is 0. The van der Waals surface area contributed by atoms with Gasteiger partial charge in [-0.15, -0.1) is 0 Å². The third-order valence-corrected chi connectivity index (χ3v) is 4.23. The van der Waals surface area contributed by atoms with Crippen LogP contribution < -0.4 is 0 Å². The van der Waals surface area contributed by atoms with E-state index in [1.165, 1.54) is 0 Å². The van der Waals surface area contributed by atoms with Crippen LogP contribution in [0.3, 0.4) is 0 Å². The second-order valence-corrected chi connectivity index (χ2v) is 5.65. The number of alkyl halides is 7. The number of hydrogen-bond acceptors (Lipinski definition) is 2. The van der Waals surface area contributed by atoms with Gasteiger partial charge in [-0.2, -0.15) is 22.0 Å². The fourth-order valence-corrected chi connectivity index (χ4v) is 2.86. The van der Waals surface area contributed by atoms with Gasteiger partial charge in [0.1, 0.15) is 6.67 Å². The highest BCUT2D eigenvalue weighted by atomic mass is 19.4. The van der Waals surface area contributed by atoms with E-state index < -0.39 is 37.0 Å².